The van der Waals surface area contributed by atoms with Gasteiger partial charge in [0, 0.05) is 23.6 Å². The predicted octanol–water partition coefficient (Wildman–Crippen LogP) is 4.70. The summed E-state index contributed by atoms with van der Waals surface area (Å²) in [5.41, 5.74) is 0.981. The molecule has 26 heavy (non-hydrogen) atoms. The Bertz CT molecular complexity index is 606. The van der Waals surface area contributed by atoms with Crippen molar-refractivity contribution in [2.45, 2.75) is 39.7 Å². The number of carbonyl (C=O) groups is 2. The third-order valence-corrected chi connectivity index (χ3v) is 6.68. The smallest absolute Gasteiger partial charge is 0.194 e. The van der Waals surface area contributed by atoms with E-state index in [1.165, 1.54) is 23.5 Å². The van der Waals surface area contributed by atoms with E-state index in [1.54, 1.807) is 7.11 Å². The highest BCUT2D eigenvalue weighted by atomic mass is 32.2. The Labute approximate surface area is 165 Å². The fourth-order valence-corrected chi connectivity index (χ4v) is 5.13. The van der Waals surface area contributed by atoms with E-state index >= 15 is 0 Å². The third-order valence-electron chi connectivity index (χ3n) is 4.93. The number of benzene rings is 1. The minimum absolute atomic E-state index is 0.0275. The number of ether oxygens (including phenoxy) is 1. The summed E-state index contributed by atoms with van der Waals surface area (Å²) in [6.45, 7) is 6.13. The van der Waals surface area contributed by atoms with Crippen molar-refractivity contribution in [3.8, 4) is 5.75 Å². The van der Waals surface area contributed by atoms with Crippen LogP contribution >= 0.6 is 23.5 Å². The lowest BCUT2D eigenvalue weighted by atomic mass is 9.73. The van der Waals surface area contributed by atoms with Crippen molar-refractivity contribution in [2.24, 2.45) is 17.8 Å². The first-order chi connectivity index (χ1) is 12.5. The Morgan fingerprint density at radius 2 is 1.62 bits per heavy atom. The van der Waals surface area contributed by atoms with Gasteiger partial charge in [-0.2, -0.15) is 0 Å². The van der Waals surface area contributed by atoms with Crippen molar-refractivity contribution >= 4 is 39.4 Å². The quantitative estimate of drug-likeness (QED) is 0.722. The lowest BCUT2D eigenvalue weighted by Crippen LogP contribution is -2.44. The molecule has 1 N–H and O–H groups in total. The highest BCUT2D eigenvalue weighted by molar-refractivity contribution is 8.13. The molecule has 0 saturated heterocycles. The SMILES string of the molecule is CCSC(=O)C1CC(C(=O)SCC)C(Nc2ccc(OC)cc2)CC1C. The van der Waals surface area contributed by atoms with Crippen molar-refractivity contribution < 1.29 is 14.3 Å². The van der Waals surface area contributed by atoms with E-state index in [0.717, 1.165) is 29.4 Å². The normalized spacial score (nSPS) is 25.5. The molecule has 1 fully saturated rings. The maximum atomic E-state index is 12.7. The summed E-state index contributed by atoms with van der Waals surface area (Å²) in [7, 11) is 1.65. The Kier molecular flexibility index (Phi) is 8.35. The molecule has 1 aromatic carbocycles. The van der Waals surface area contributed by atoms with E-state index < -0.39 is 0 Å². The minimum Gasteiger partial charge on any atom is -0.497 e. The molecule has 0 radical (unpaired) electrons. The van der Waals surface area contributed by atoms with Gasteiger partial charge in [-0.25, -0.2) is 0 Å². The fraction of sp³-hybridized carbons (Fsp3) is 0.600. The van der Waals surface area contributed by atoms with Crippen LogP contribution in [0.25, 0.3) is 0 Å². The molecule has 0 spiro atoms. The zero-order valence-corrected chi connectivity index (χ0v) is 17.6. The van der Waals surface area contributed by atoms with Crippen molar-refractivity contribution in [3.05, 3.63) is 24.3 Å². The molecule has 4 atom stereocenters. The molecule has 144 valence electrons. The zero-order valence-electron chi connectivity index (χ0n) is 16.0. The molecule has 6 heteroatoms. The Morgan fingerprint density at radius 3 is 2.15 bits per heavy atom. The first-order valence-corrected chi connectivity index (χ1v) is 11.2. The molecule has 0 bridgehead atoms. The number of hydrogen-bond acceptors (Lipinski definition) is 6. The van der Waals surface area contributed by atoms with Crippen LogP contribution < -0.4 is 10.1 Å². The molecule has 1 aliphatic carbocycles. The van der Waals surface area contributed by atoms with Gasteiger partial charge in [-0.15, -0.1) is 0 Å². The number of rotatable bonds is 7. The lowest BCUT2D eigenvalue weighted by Gasteiger charge is -2.39. The second kappa shape index (κ2) is 10.3. The van der Waals surface area contributed by atoms with Gasteiger partial charge in [-0.1, -0.05) is 44.3 Å². The van der Waals surface area contributed by atoms with Gasteiger partial charge in [0.1, 0.15) is 5.75 Å². The standard InChI is InChI=1S/C20H29NO3S2/c1-5-25-19(22)16-12-17(20(23)26-6-2)18(11-13(16)3)21-14-7-9-15(24-4)10-8-14/h7-10,13,16-18,21H,5-6,11-12H2,1-4H3. The van der Waals surface area contributed by atoms with Gasteiger partial charge in [-0.3, -0.25) is 9.59 Å². The summed E-state index contributed by atoms with van der Waals surface area (Å²) in [4.78, 5) is 25.2. The van der Waals surface area contributed by atoms with Crippen molar-refractivity contribution in [2.75, 3.05) is 23.9 Å². The van der Waals surface area contributed by atoms with Crippen LogP contribution in [0.5, 0.6) is 5.75 Å². The molecule has 1 saturated carbocycles. The van der Waals surface area contributed by atoms with Crippen LogP contribution in [0.4, 0.5) is 5.69 Å². The van der Waals surface area contributed by atoms with Gasteiger partial charge in [0.2, 0.25) is 0 Å². The molecule has 0 aromatic heterocycles. The highest BCUT2D eigenvalue weighted by Gasteiger charge is 2.41. The molecule has 0 heterocycles. The van der Waals surface area contributed by atoms with E-state index in [2.05, 4.69) is 12.2 Å². The summed E-state index contributed by atoms with van der Waals surface area (Å²) >= 11 is 2.76. The van der Waals surface area contributed by atoms with E-state index in [9.17, 15) is 9.59 Å². The Hall–Kier alpha value is -1.14. The van der Waals surface area contributed by atoms with E-state index in [4.69, 9.17) is 4.74 Å². The van der Waals surface area contributed by atoms with Crippen LogP contribution in [-0.4, -0.2) is 34.9 Å². The van der Waals surface area contributed by atoms with Gasteiger partial charge in [0.05, 0.1) is 7.11 Å². The van der Waals surface area contributed by atoms with Crippen LogP contribution in [0.3, 0.4) is 0 Å². The van der Waals surface area contributed by atoms with Gasteiger partial charge in [0.25, 0.3) is 0 Å². The van der Waals surface area contributed by atoms with E-state index in [-0.39, 0.29) is 34.0 Å². The van der Waals surface area contributed by atoms with Crippen molar-refractivity contribution in [1.82, 2.24) is 0 Å². The van der Waals surface area contributed by atoms with E-state index in [0.29, 0.717) is 6.42 Å². The van der Waals surface area contributed by atoms with Crippen LogP contribution in [0.1, 0.15) is 33.6 Å². The molecule has 1 aliphatic rings. The first kappa shape index (κ1) is 21.2. The summed E-state index contributed by atoms with van der Waals surface area (Å²) in [6.07, 6.45) is 1.47. The van der Waals surface area contributed by atoms with Gasteiger partial charge < -0.3 is 10.1 Å². The average Bonchev–Trinajstić information content (AvgIpc) is 2.62. The highest BCUT2D eigenvalue weighted by Crippen LogP contribution is 2.40. The number of carbonyl (C=O) groups excluding carboxylic acids is 2. The monoisotopic (exact) mass is 395 g/mol. The summed E-state index contributed by atoms with van der Waals surface area (Å²) in [5, 5.41) is 3.97. The molecular formula is C20H29NO3S2. The second-order valence-corrected chi connectivity index (χ2v) is 9.18. The zero-order chi connectivity index (χ0) is 19.1. The molecule has 0 aliphatic heterocycles. The van der Waals surface area contributed by atoms with Crippen LogP contribution in [0.2, 0.25) is 0 Å². The molecule has 2 rings (SSSR count). The molecule has 0 amide bonds. The molecule has 4 unspecified atom stereocenters. The minimum atomic E-state index is -0.135. The summed E-state index contributed by atoms with van der Waals surface area (Å²) in [5.74, 6) is 2.47. The van der Waals surface area contributed by atoms with Gasteiger partial charge in [0.15, 0.2) is 10.2 Å². The van der Waals surface area contributed by atoms with Crippen LogP contribution in [0.15, 0.2) is 24.3 Å². The number of nitrogens with one attached hydrogen (secondary N) is 1. The van der Waals surface area contributed by atoms with Crippen LogP contribution in [0, 0.1) is 17.8 Å². The second-order valence-electron chi connectivity index (χ2n) is 6.65. The number of anilines is 1. The van der Waals surface area contributed by atoms with Gasteiger partial charge >= 0.3 is 0 Å². The van der Waals surface area contributed by atoms with E-state index in [1.807, 2.05) is 38.1 Å². The Balaban J connectivity index is 2.16. The molecular weight excluding hydrogens is 366 g/mol. The number of methoxy groups -OCH3 is 1. The predicted molar refractivity (Wildman–Crippen MR) is 112 cm³/mol. The van der Waals surface area contributed by atoms with Gasteiger partial charge in [-0.05, 0) is 54.5 Å². The topological polar surface area (TPSA) is 55.4 Å². The fourth-order valence-electron chi connectivity index (χ4n) is 3.55. The maximum absolute atomic E-state index is 12.7. The summed E-state index contributed by atoms with van der Waals surface area (Å²) in [6, 6.07) is 7.83. The maximum Gasteiger partial charge on any atom is 0.194 e. The van der Waals surface area contributed by atoms with Crippen molar-refractivity contribution in [3.63, 3.8) is 0 Å². The first-order valence-electron chi connectivity index (χ1n) is 9.23. The molecule has 1 aromatic rings. The largest absolute Gasteiger partial charge is 0.497 e. The lowest BCUT2D eigenvalue weighted by molar-refractivity contribution is -0.120. The number of thioether (sulfide) groups is 2. The summed E-state index contributed by atoms with van der Waals surface area (Å²) < 4.78 is 5.21. The Morgan fingerprint density at radius 1 is 1.04 bits per heavy atom. The van der Waals surface area contributed by atoms with Crippen molar-refractivity contribution in [1.29, 1.82) is 0 Å². The third kappa shape index (κ3) is 5.43. The average molecular weight is 396 g/mol. The number of hydrogen-bond donors (Lipinski definition) is 1. The molecule has 4 nitrogen and oxygen atoms in total. The van der Waals surface area contributed by atoms with Crippen LogP contribution in [-0.2, 0) is 9.59 Å².